The number of hydrogen-bond acceptors (Lipinski definition) is 3. The third kappa shape index (κ3) is 3.06. The second kappa shape index (κ2) is 6.34. The Bertz CT molecular complexity index is 468. The van der Waals surface area contributed by atoms with Crippen molar-refractivity contribution in [2.24, 2.45) is 12.5 Å². The Balaban J connectivity index is 0.00000147. The van der Waals surface area contributed by atoms with Crippen molar-refractivity contribution in [1.29, 1.82) is 0 Å². The Hall–Kier alpha value is -0.100. The Kier molecular flexibility index (Phi) is 5.16. The fourth-order valence-corrected chi connectivity index (χ4v) is 4.05. The first-order valence-electron chi connectivity index (χ1n) is 7.21. The minimum Gasteiger partial charge on any atom is -0.317 e. The lowest BCUT2D eigenvalue weighted by molar-refractivity contribution is 0.192. The summed E-state index contributed by atoms with van der Waals surface area (Å²) in [6.07, 6.45) is 4.05. The predicted molar refractivity (Wildman–Crippen MR) is 87.3 cm³/mol. The standard InChI is InChI=1S/C14H23BrN4.ClH/c1-11-13(15)12(18(2)17-11)9-19-8-5-14(10-19)3-6-16-7-4-14;/h16H,3-10H2,1-2H3;1H. The first kappa shape index (κ1) is 16.3. The van der Waals surface area contributed by atoms with Crippen LogP contribution in [0.15, 0.2) is 4.47 Å². The molecule has 0 saturated carbocycles. The number of aromatic nitrogens is 2. The highest BCUT2D eigenvalue weighted by atomic mass is 79.9. The van der Waals surface area contributed by atoms with Gasteiger partial charge in [0.25, 0.3) is 0 Å². The molecule has 0 aromatic carbocycles. The van der Waals surface area contributed by atoms with Crippen molar-refractivity contribution in [2.45, 2.75) is 32.7 Å². The van der Waals surface area contributed by atoms with Gasteiger partial charge in [0.15, 0.2) is 0 Å². The summed E-state index contributed by atoms with van der Waals surface area (Å²) in [7, 11) is 2.05. The van der Waals surface area contributed by atoms with Crippen LogP contribution in [0.25, 0.3) is 0 Å². The first-order chi connectivity index (χ1) is 9.10. The van der Waals surface area contributed by atoms with Gasteiger partial charge < -0.3 is 5.32 Å². The molecule has 0 bridgehead atoms. The highest BCUT2D eigenvalue weighted by Crippen LogP contribution is 2.39. The molecule has 2 aliphatic heterocycles. The molecule has 2 fully saturated rings. The minimum absolute atomic E-state index is 0. The van der Waals surface area contributed by atoms with Crippen LogP contribution in [0.3, 0.4) is 0 Å². The van der Waals surface area contributed by atoms with E-state index in [1.807, 2.05) is 11.7 Å². The number of piperidine rings is 1. The SMILES string of the molecule is Cc1nn(C)c(CN2CCC3(CCNCC3)C2)c1Br.Cl. The van der Waals surface area contributed by atoms with Crippen LogP contribution in [-0.2, 0) is 13.6 Å². The van der Waals surface area contributed by atoms with E-state index in [4.69, 9.17) is 0 Å². The maximum absolute atomic E-state index is 4.49. The molecule has 3 heterocycles. The predicted octanol–water partition coefficient (Wildman–Crippen LogP) is 2.49. The number of halogens is 2. The number of aryl methyl sites for hydroxylation is 2. The van der Waals surface area contributed by atoms with Crippen LogP contribution in [0, 0.1) is 12.3 Å². The quantitative estimate of drug-likeness (QED) is 0.876. The van der Waals surface area contributed by atoms with Crippen molar-refractivity contribution in [3.63, 3.8) is 0 Å². The van der Waals surface area contributed by atoms with Gasteiger partial charge in [0.2, 0.25) is 0 Å². The molecule has 4 nitrogen and oxygen atoms in total. The molecule has 1 spiro atoms. The number of hydrogen-bond donors (Lipinski definition) is 1. The van der Waals surface area contributed by atoms with E-state index in [-0.39, 0.29) is 12.4 Å². The van der Waals surface area contributed by atoms with Crippen molar-refractivity contribution in [1.82, 2.24) is 20.0 Å². The fourth-order valence-electron chi connectivity index (χ4n) is 3.59. The van der Waals surface area contributed by atoms with Crippen LogP contribution in [0.4, 0.5) is 0 Å². The third-order valence-electron chi connectivity index (χ3n) is 4.82. The normalized spacial score (nSPS) is 22.1. The molecule has 2 aliphatic rings. The number of likely N-dealkylation sites (tertiary alicyclic amines) is 1. The summed E-state index contributed by atoms with van der Waals surface area (Å²) >= 11 is 3.68. The summed E-state index contributed by atoms with van der Waals surface area (Å²) in [5.41, 5.74) is 2.99. The molecular weight excluding hydrogens is 340 g/mol. The van der Waals surface area contributed by atoms with E-state index >= 15 is 0 Å². The van der Waals surface area contributed by atoms with E-state index in [9.17, 15) is 0 Å². The first-order valence-corrected chi connectivity index (χ1v) is 8.00. The monoisotopic (exact) mass is 362 g/mol. The van der Waals surface area contributed by atoms with Gasteiger partial charge in [0.05, 0.1) is 15.9 Å². The summed E-state index contributed by atoms with van der Waals surface area (Å²) in [4.78, 5) is 2.60. The summed E-state index contributed by atoms with van der Waals surface area (Å²) in [6.45, 7) is 7.96. The largest absolute Gasteiger partial charge is 0.317 e. The van der Waals surface area contributed by atoms with Gasteiger partial charge in [-0.3, -0.25) is 9.58 Å². The van der Waals surface area contributed by atoms with Crippen LogP contribution in [0.5, 0.6) is 0 Å². The van der Waals surface area contributed by atoms with Crippen LogP contribution in [0.1, 0.15) is 30.7 Å². The van der Waals surface area contributed by atoms with E-state index in [0.29, 0.717) is 5.41 Å². The highest BCUT2D eigenvalue weighted by molar-refractivity contribution is 9.10. The molecule has 0 unspecified atom stereocenters. The lowest BCUT2D eigenvalue weighted by atomic mass is 9.78. The Labute approximate surface area is 135 Å². The van der Waals surface area contributed by atoms with Crippen LogP contribution in [0.2, 0.25) is 0 Å². The molecule has 2 saturated heterocycles. The van der Waals surface area contributed by atoms with Gasteiger partial charge in [0.1, 0.15) is 0 Å². The molecule has 3 rings (SSSR count). The maximum atomic E-state index is 4.49. The van der Waals surface area contributed by atoms with Gasteiger partial charge in [-0.15, -0.1) is 12.4 Å². The topological polar surface area (TPSA) is 33.1 Å². The van der Waals surface area contributed by atoms with E-state index < -0.39 is 0 Å². The number of nitrogens with one attached hydrogen (secondary N) is 1. The maximum Gasteiger partial charge on any atom is 0.0739 e. The van der Waals surface area contributed by atoms with Gasteiger partial charge in [-0.1, -0.05) is 0 Å². The lowest BCUT2D eigenvalue weighted by Gasteiger charge is -2.33. The fraction of sp³-hybridized carbons (Fsp3) is 0.786. The summed E-state index contributed by atoms with van der Waals surface area (Å²) in [6, 6.07) is 0. The molecule has 114 valence electrons. The third-order valence-corrected chi connectivity index (χ3v) is 5.85. The van der Waals surface area contributed by atoms with E-state index in [1.54, 1.807) is 0 Å². The molecule has 0 aliphatic carbocycles. The molecule has 6 heteroatoms. The van der Waals surface area contributed by atoms with E-state index in [1.165, 1.54) is 55.6 Å². The molecule has 0 amide bonds. The smallest absolute Gasteiger partial charge is 0.0739 e. The summed E-state index contributed by atoms with van der Waals surface area (Å²) < 4.78 is 3.20. The summed E-state index contributed by atoms with van der Waals surface area (Å²) in [5, 5.41) is 7.97. The molecule has 1 aromatic heterocycles. The zero-order chi connectivity index (χ0) is 13.5. The number of nitrogens with zero attached hydrogens (tertiary/aromatic N) is 3. The van der Waals surface area contributed by atoms with Gasteiger partial charge >= 0.3 is 0 Å². The zero-order valence-electron chi connectivity index (χ0n) is 12.3. The molecule has 20 heavy (non-hydrogen) atoms. The number of rotatable bonds is 2. The van der Waals surface area contributed by atoms with Crippen LogP contribution < -0.4 is 5.32 Å². The average Bonchev–Trinajstić information content (AvgIpc) is 2.88. The average molecular weight is 364 g/mol. The van der Waals surface area contributed by atoms with Crippen LogP contribution >= 0.6 is 28.3 Å². The Morgan fingerprint density at radius 2 is 2.00 bits per heavy atom. The second-order valence-corrected chi connectivity index (χ2v) is 6.97. The van der Waals surface area contributed by atoms with Gasteiger partial charge in [-0.2, -0.15) is 5.10 Å². The molecule has 1 N–H and O–H groups in total. The lowest BCUT2D eigenvalue weighted by Crippen LogP contribution is -2.38. The van der Waals surface area contributed by atoms with E-state index in [0.717, 1.165) is 12.2 Å². The Morgan fingerprint density at radius 1 is 1.30 bits per heavy atom. The van der Waals surface area contributed by atoms with Gasteiger partial charge in [0, 0.05) is 20.1 Å². The highest BCUT2D eigenvalue weighted by Gasteiger charge is 2.38. The van der Waals surface area contributed by atoms with Crippen molar-refractivity contribution in [3.05, 3.63) is 15.9 Å². The molecule has 0 radical (unpaired) electrons. The molecular formula is C14H24BrClN4. The molecule has 1 aromatic rings. The molecule has 0 atom stereocenters. The van der Waals surface area contributed by atoms with Gasteiger partial charge in [-0.25, -0.2) is 0 Å². The minimum atomic E-state index is 0. The zero-order valence-corrected chi connectivity index (χ0v) is 14.7. The van der Waals surface area contributed by atoms with Crippen molar-refractivity contribution in [3.8, 4) is 0 Å². The van der Waals surface area contributed by atoms with Crippen molar-refractivity contribution in [2.75, 3.05) is 26.2 Å². The van der Waals surface area contributed by atoms with Crippen molar-refractivity contribution >= 4 is 28.3 Å². The van der Waals surface area contributed by atoms with Gasteiger partial charge in [-0.05, 0) is 67.2 Å². The van der Waals surface area contributed by atoms with Crippen molar-refractivity contribution < 1.29 is 0 Å². The second-order valence-electron chi connectivity index (χ2n) is 6.18. The summed E-state index contributed by atoms with van der Waals surface area (Å²) in [5.74, 6) is 0. The van der Waals surface area contributed by atoms with E-state index in [2.05, 4.69) is 38.2 Å². The van der Waals surface area contributed by atoms with Crippen LogP contribution in [-0.4, -0.2) is 40.9 Å². The Morgan fingerprint density at radius 3 is 2.60 bits per heavy atom.